The molecule has 2 rings (SSSR count). The highest BCUT2D eigenvalue weighted by molar-refractivity contribution is 5.44. The van der Waals surface area contributed by atoms with Gasteiger partial charge in [0, 0.05) is 43.3 Å². The van der Waals surface area contributed by atoms with Crippen molar-refractivity contribution in [3.05, 3.63) is 63.7 Å². The zero-order valence-electron chi connectivity index (χ0n) is 10.5. The van der Waals surface area contributed by atoms with E-state index in [4.69, 9.17) is 0 Å². The molecule has 6 nitrogen and oxygen atoms in total. The van der Waals surface area contributed by atoms with Gasteiger partial charge in [0.25, 0.3) is 5.69 Å². The summed E-state index contributed by atoms with van der Waals surface area (Å²) in [5.41, 5.74) is 2.60. The Morgan fingerprint density at radius 1 is 1.32 bits per heavy atom. The van der Waals surface area contributed by atoms with Crippen molar-refractivity contribution < 1.29 is 4.92 Å². The molecule has 0 spiro atoms. The molecule has 1 aromatic heterocycles. The fraction of sp³-hybridized carbons (Fsp3) is 0.231. The SMILES string of the molecule is Cc1c(CNCc2cnccn2)cccc1[N+](=O)[O-]. The number of hydrogen-bond donors (Lipinski definition) is 1. The molecule has 0 radical (unpaired) electrons. The number of hydrogen-bond acceptors (Lipinski definition) is 5. The topological polar surface area (TPSA) is 81.0 Å². The second kappa shape index (κ2) is 6.01. The maximum Gasteiger partial charge on any atom is 0.272 e. The number of nitrogens with zero attached hydrogens (tertiary/aromatic N) is 3. The van der Waals surface area contributed by atoms with E-state index in [0.717, 1.165) is 11.3 Å². The van der Waals surface area contributed by atoms with Gasteiger partial charge in [-0.25, -0.2) is 0 Å². The van der Waals surface area contributed by atoms with Crippen LogP contribution in [0.15, 0.2) is 36.8 Å². The van der Waals surface area contributed by atoms with Crippen LogP contribution in [0, 0.1) is 17.0 Å². The van der Waals surface area contributed by atoms with Crippen LogP contribution in [-0.2, 0) is 13.1 Å². The number of nitrogens with one attached hydrogen (secondary N) is 1. The molecule has 0 saturated carbocycles. The van der Waals surface area contributed by atoms with E-state index >= 15 is 0 Å². The van der Waals surface area contributed by atoms with E-state index in [2.05, 4.69) is 15.3 Å². The van der Waals surface area contributed by atoms with Gasteiger partial charge < -0.3 is 5.32 Å². The number of nitro benzene ring substituents is 1. The lowest BCUT2D eigenvalue weighted by Crippen LogP contribution is -2.14. The molecule has 1 heterocycles. The summed E-state index contributed by atoms with van der Waals surface area (Å²) < 4.78 is 0. The Kier molecular flexibility index (Phi) is 4.15. The molecular weight excluding hydrogens is 244 g/mol. The monoisotopic (exact) mass is 258 g/mol. The van der Waals surface area contributed by atoms with Crippen LogP contribution < -0.4 is 5.32 Å². The quantitative estimate of drug-likeness (QED) is 0.655. The summed E-state index contributed by atoms with van der Waals surface area (Å²) in [5, 5.41) is 14.0. The van der Waals surface area contributed by atoms with Crippen LogP contribution in [0.2, 0.25) is 0 Å². The van der Waals surface area contributed by atoms with E-state index in [1.54, 1.807) is 31.6 Å². The van der Waals surface area contributed by atoms with Crippen LogP contribution >= 0.6 is 0 Å². The van der Waals surface area contributed by atoms with Crippen molar-refractivity contribution in [2.24, 2.45) is 0 Å². The summed E-state index contributed by atoms with van der Waals surface area (Å²) in [6.45, 7) is 2.90. The van der Waals surface area contributed by atoms with E-state index in [1.807, 2.05) is 6.07 Å². The zero-order valence-corrected chi connectivity index (χ0v) is 10.5. The zero-order chi connectivity index (χ0) is 13.7. The second-order valence-electron chi connectivity index (χ2n) is 4.12. The minimum absolute atomic E-state index is 0.152. The normalized spacial score (nSPS) is 10.4. The van der Waals surface area contributed by atoms with Crippen molar-refractivity contribution in [3.8, 4) is 0 Å². The third-order valence-electron chi connectivity index (χ3n) is 2.85. The van der Waals surface area contributed by atoms with Gasteiger partial charge in [0.1, 0.15) is 0 Å². The van der Waals surface area contributed by atoms with Crippen LogP contribution in [0.3, 0.4) is 0 Å². The third kappa shape index (κ3) is 3.32. The van der Waals surface area contributed by atoms with Crippen molar-refractivity contribution in [3.63, 3.8) is 0 Å². The molecule has 6 heteroatoms. The van der Waals surface area contributed by atoms with Gasteiger partial charge in [0.15, 0.2) is 0 Å². The van der Waals surface area contributed by atoms with E-state index in [-0.39, 0.29) is 10.6 Å². The van der Waals surface area contributed by atoms with Gasteiger partial charge in [-0.15, -0.1) is 0 Å². The Hall–Kier alpha value is -2.34. The molecule has 2 aromatic rings. The summed E-state index contributed by atoms with van der Waals surface area (Å²) in [6, 6.07) is 5.10. The second-order valence-corrected chi connectivity index (χ2v) is 4.12. The average Bonchev–Trinajstić information content (AvgIpc) is 2.41. The number of aromatic nitrogens is 2. The average molecular weight is 258 g/mol. The van der Waals surface area contributed by atoms with Crippen LogP contribution in [0.25, 0.3) is 0 Å². The van der Waals surface area contributed by atoms with E-state index in [1.165, 1.54) is 6.07 Å². The Balaban J connectivity index is 2.00. The molecule has 1 aromatic carbocycles. The van der Waals surface area contributed by atoms with Crippen molar-refractivity contribution in [2.75, 3.05) is 0 Å². The lowest BCUT2D eigenvalue weighted by Gasteiger charge is -2.07. The molecule has 0 bridgehead atoms. The highest BCUT2D eigenvalue weighted by Gasteiger charge is 2.12. The first-order chi connectivity index (χ1) is 9.18. The van der Waals surface area contributed by atoms with Gasteiger partial charge in [-0.05, 0) is 12.5 Å². The lowest BCUT2D eigenvalue weighted by molar-refractivity contribution is -0.385. The summed E-state index contributed by atoms with van der Waals surface area (Å²) in [6.07, 6.45) is 4.94. The van der Waals surface area contributed by atoms with Gasteiger partial charge in [-0.2, -0.15) is 0 Å². The molecule has 98 valence electrons. The Bertz CT molecular complexity index is 572. The fourth-order valence-corrected chi connectivity index (χ4v) is 1.81. The Morgan fingerprint density at radius 2 is 2.16 bits per heavy atom. The van der Waals surface area contributed by atoms with Crippen LogP contribution in [0.5, 0.6) is 0 Å². The van der Waals surface area contributed by atoms with Gasteiger partial charge in [-0.1, -0.05) is 12.1 Å². The van der Waals surface area contributed by atoms with Crippen molar-refractivity contribution >= 4 is 5.69 Å². The molecular formula is C13H14N4O2. The van der Waals surface area contributed by atoms with Gasteiger partial charge >= 0.3 is 0 Å². The van der Waals surface area contributed by atoms with Crippen LogP contribution in [0.4, 0.5) is 5.69 Å². The summed E-state index contributed by atoms with van der Waals surface area (Å²) in [4.78, 5) is 18.6. The molecule has 0 aliphatic rings. The standard InChI is InChI=1S/C13H14N4O2/c1-10-11(3-2-4-13(10)17(18)19)7-15-9-12-8-14-5-6-16-12/h2-6,8,15H,7,9H2,1H3. The van der Waals surface area contributed by atoms with Crippen molar-refractivity contribution in [2.45, 2.75) is 20.0 Å². The van der Waals surface area contributed by atoms with Crippen molar-refractivity contribution in [1.29, 1.82) is 0 Å². The molecule has 0 unspecified atom stereocenters. The van der Waals surface area contributed by atoms with E-state index in [9.17, 15) is 10.1 Å². The fourth-order valence-electron chi connectivity index (χ4n) is 1.81. The van der Waals surface area contributed by atoms with Gasteiger partial charge in [0.05, 0.1) is 10.6 Å². The van der Waals surface area contributed by atoms with Crippen molar-refractivity contribution in [1.82, 2.24) is 15.3 Å². The minimum Gasteiger partial charge on any atom is -0.307 e. The van der Waals surface area contributed by atoms with Crippen LogP contribution in [0.1, 0.15) is 16.8 Å². The minimum atomic E-state index is -0.360. The number of rotatable bonds is 5. The largest absolute Gasteiger partial charge is 0.307 e. The number of benzene rings is 1. The Labute approximate surface area is 110 Å². The van der Waals surface area contributed by atoms with E-state index in [0.29, 0.717) is 18.7 Å². The summed E-state index contributed by atoms with van der Waals surface area (Å²) in [7, 11) is 0. The summed E-state index contributed by atoms with van der Waals surface area (Å²) in [5.74, 6) is 0. The maximum atomic E-state index is 10.8. The first kappa shape index (κ1) is 13.1. The van der Waals surface area contributed by atoms with Crippen LogP contribution in [-0.4, -0.2) is 14.9 Å². The first-order valence-electron chi connectivity index (χ1n) is 5.87. The van der Waals surface area contributed by atoms with Gasteiger partial charge in [0.2, 0.25) is 0 Å². The predicted molar refractivity (Wildman–Crippen MR) is 70.4 cm³/mol. The maximum absolute atomic E-state index is 10.8. The molecule has 0 aliphatic heterocycles. The highest BCUT2D eigenvalue weighted by atomic mass is 16.6. The molecule has 0 atom stereocenters. The third-order valence-corrected chi connectivity index (χ3v) is 2.85. The molecule has 0 amide bonds. The molecule has 19 heavy (non-hydrogen) atoms. The highest BCUT2D eigenvalue weighted by Crippen LogP contribution is 2.20. The molecule has 0 saturated heterocycles. The lowest BCUT2D eigenvalue weighted by atomic mass is 10.1. The first-order valence-corrected chi connectivity index (χ1v) is 5.87. The molecule has 0 fully saturated rings. The summed E-state index contributed by atoms with van der Waals surface area (Å²) >= 11 is 0. The molecule has 0 aliphatic carbocycles. The number of nitro groups is 1. The van der Waals surface area contributed by atoms with Gasteiger partial charge in [-0.3, -0.25) is 20.1 Å². The smallest absolute Gasteiger partial charge is 0.272 e. The molecule has 1 N–H and O–H groups in total. The van der Waals surface area contributed by atoms with E-state index < -0.39 is 0 Å². The predicted octanol–water partition coefficient (Wildman–Crippen LogP) is 1.98. The Morgan fingerprint density at radius 3 is 2.84 bits per heavy atom.